The van der Waals surface area contributed by atoms with E-state index in [4.69, 9.17) is 9.15 Å². The summed E-state index contributed by atoms with van der Waals surface area (Å²) in [5.74, 6) is -0.531. The predicted molar refractivity (Wildman–Crippen MR) is 107 cm³/mol. The van der Waals surface area contributed by atoms with E-state index in [1.165, 1.54) is 0 Å². The van der Waals surface area contributed by atoms with Crippen LogP contribution in [-0.4, -0.2) is 23.1 Å². The molecule has 1 N–H and O–H groups in total. The number of nitrogens with one attached hydrogen (secondary N) is 1. The number of carbonyl (C=O) groups is 2. The van der Waals surface area contributed by atoms with Gasteiger partial charge in [0.15, 0.2) is 6.61 Å². The second-order valence-corrected chi connectivity index (χ2v) is 6.78. The number of para-hydroxylation sites is 1. The predicted octanol–water partition coefficient (Wildman–Crippen LogP) is 4.17. The van der Waals surface area contributed by atoms with Gasteiger partial charge in [-0.25, -0.2) is 4.79 Å². The number of rotatable bonds is 6. The molecule has 0 atom stereocenters. The number of esters is 1. The van der Waals surface area contributed by atoms with Crippen molar-refractivity contribution < 1.29 is 18.7 Å². The van der Waals surface area contributed by atoms with Crippen LogP contribution >= 0.6 is 0 Å². The van der Waals surface area contributed by atoms with Crippen LogP contribution in [0.3, 0.4) is 0 Å². The Morgan fingerprint density at radius 1 is 1.21 bits per heavy atom. The molecule has 0 saturated carbocycles. The summed E-state index contributed by atoms with van der Waals surface area (Å²) in [6.07, 6.45) is 3.40. The number of aromatic nitrogens is 1. The highest BCUT2D eigenvalue weighted by atomic mass is 16.5. The maximum Gasteiger partial charge on any atom is 0.343 e. The largest absolute Gasteiger partial charge is 0.452 e. The topological polar surface area (TPSA) is 97.3 Å². The Morgan fingerprint density at radius 2 is 1.90 bits per heavy atom. The number of benzene rings is 1. The van der Waals surface area contributed by atoms with Gasteiger partial charge in [0.05, 0.1) is 0 Å². The SMILES string of the molecule is Cc1oc(-n2cccc2)c(C#N)c1C(=O)OCC(=O)Nc1ccccc1C(C)C. The van der Waals surface area contributed by atoms with Gasteiger partial charge >= 0.3 is 5.97 Å². The molecule has 0 aliphatic heterocycles. The normalized spacial score (nSPS) is 10.6. The fourth-order valence-electron chi connectivity index (χ4n) is 3.04. The minimum atomic E-state index is -0.784. The minimum absolute atomic E-state index is 0.0200. The Hall–Kier alpha value is -3.79. The molecule has 0 fully saturated rings. The summed E-state index contributed by atoms with van der Waals surface area (Å²) < 4.78 is 12.3. The summed E-state index contributed by atoms with van der Waals surface area (Å²) in [6.45, 7) is 5.15. The standard InChI is InChI=1S/C22H21N3O4/c1-14(2)16-8-4-5-9-18(16)24-19(26)13-28-22(27)20-15(3)29-21(17(20)12-23)25-10-6-7-11-25/h4-11,14H,13H2,1-3H3,(H,24,26). The molecule has 0 unspecified atom stereocenters. The van der Waals surface area contributed by atoms with Crippen molar-refractivity contribution in [2.75, 3.05) is 11.9 Å². The van der Waals surface area contributed by atoms with E-state index in [-0.39, 0.29) is 28.7 Å². The van der Waals surface area contributed by atoms with Crippen molar-refractivity contribution in [3.8, 4) is 12.0 Å². The van der Waals surface area contributed by atoms with Gasteiger partial charge in [-0.05, 0) is 36.6 Å². The Kier molecular flexibility index (Phi) is 5.84. The zero-order valence-electron chi connectivity index (χ0n) is 16.4. The molecule has 148 valence electrons. The molecule has 0 aliphatic carbocycles. The zero-order valence-corrected chi connectivity index (χ0v) is 16.4. The molecule has 0 bridgehead atoms. The molecule has 1 amide bonds. The van der Waals surface area contributed by atoms with E-state index < -0.39 is 18.5 Å². The maximum atomic E-state index is 12.5. The number of nitriles is 1. The van der Waals surface area contributed by atoms with E-state index in [1.807, 2.05) is 38.1 Å². The molecular weight excluding hydrogens is 370 g/mol. The maximum absolute atomic E-state index is 12.5. The third kappa shape index (κ3) is 4.22. The summed E-state index contributed by atoms with van der Waals surface area (Å²) in [6, 6.07) is 13.0. The van der Waals surface area contributed by atoms with Crippen LogP contribution in [0.5, 0.6) is 0 Å². The van der Waals surface area contributed by atoms with E-state index in [1.54, 1.807) is 42.1 Å². The molecule has 7 nitrogen and oxygen atoms in total. The minimum Gasteiger partial charge on any atom is -0.452 e. The lowest BCUT2D eigenvalue weighted by molar-refractivity contribution is -0.119. The van der Waals surface area contributed by atoms with Gasteiger partial charge in [0.25, 0.3) is 5.91 Å². The van der Waals surface area contributed by atoms with E-state index >= 15 is 0 Å². The van der Waals surface area contributed by atoms with Crippen molar-refractivity contribution in [1.82, 2.24) is 4.57 Å². The molecule has 2 aromatic heterocycles. The van der Waals surface area contributed by atoms with Crippen molar-refractivity contribution in [2.45, 2.75) is 26.7 Å². The molecule has 29 heavy (non-hydrogen) atoms. The summed E-state index contributed by atoms with van der Waals surface area (Å²) in [5, 5.41) is 12.3. The van der Waals surface area contributed by atoms with Gasteiger partial charge in [0.2, 0.25) is 5.88 Å². The monoisotopic (exact) mass is 391 g/mol. The first kappa shape index (κ1) is 20.0. The summed E-state index contributed by atoms with van der Waals surface area (Å²) in [5.41, 5.74) is 1.75. The van der Waals surface area contributed by atoms with Crippen LogP contribution in [0.1, 0.15) is 47.0 Å². The van der Waals surface area contributed by atoms with Crippen LogP contribution in [-0.2, 0) is 9.53 Å². The molecule has 0 aliphatic rings. The smallest absolute Gasteiger partial charge is 0.343 e. The lowest BCUT2D eigenvalue weighted by Crippen LogP contribution is -2.22. The second-order valence-electron chi connectivity index (χ2n) is 6.78. The van der Waals surface area contributed by atoms with Crippen molar-refractivity contribution in [2.24, 2.45) is 0 Å². The number of aryl methyl sites for hydroxylation is 1. The van der Waals surface area contributed by atoms with Crippen LogP contribution < -0.4 is 5.32 Å². The van der Waals surface area contributed by atoms with E-state index in [0.717, 1.165) is 5.56 Å². The van der Waals surface area contributed by atoms with Crippen molar-refractivity contribution in [3.63, 3.8) is 0 Å². The summed E-state index contributed by atoms with van der Waals surface area (Å²) in [7, 11) is 0. The van der Waals surface area contributed by atoms with Crippen LogP contribution in [0.15, 0.2) is 53.2 Å². The van der Waals surface area contributed by atoms with Crippen LogP contribution in [0, 0.1) is 18.3 Å². The highest BCUT2D eigenvalue weighted by Gasteiger charge is 2.26. The number of amides is 1. The molecular formula is C22H21N3O4. The lowest BCUT2D eigenvalue weighted by atomic mass is 10.0. The van der Waals surface area contributed by atoms with Crippen molar-refractivity contribution >= 4 is 17.6 Å². The number of hydrogen-bond acceptors (Lipinski definition) is 5. The van der Waals surface area contributed by atoms with Crippen molar-refractivity contribution in [3.05, 3.63) is 71.2 Å². The molecule has 0 radical (unpaired) electrons. The quantitative estimate of drug-likeness (QED) is 0.636. The number of nitrogens with zero attached hydrogens (tertiary/aromatic N) is 2. The first-order valence-corrected chi connectivity index (χ1v) is 9.15. The third-order valence-corrected chi connectivity index (χ3v) is 4.41. The van der Waals surface area contributed by atoms with Gasteiger partial charge in [0.1, 0.15) is 23.0 Å². The number of anilines is 1. The Balaban J connectivity index is 1.72. The first-order chi connectivity index (χ1) is 13.9. The van der Waals surface area contributed by atoms with E-state index in [9.17, 15) is 14.9 Å². The second kappa shape index (κ2) is 8.48. The highest BCUT2D eigenvalue weighted by Crippen LogP contribution is 2.26. The van der Waals surface area contributed by atoms with Crippen molar-refractivity contribution in [1.29, 1.82) is 5.26 Å². The Morgan fingerprint density at radius 3 is 2.55 bits per heavy atom. The number of furan rings is 1. The van der Waals surface area contributed by atoms with Gasteiger partial charge in [-0.1, -0.05) is 32.0 Å². The zero-order chi connectivity index (χ0) is 21.0. The number of ether oxygens (including phenoxy) is 1. The van der Waals surface area contributed by atoms with Gasteiger partial charge in [-0.2, -0.15) is 5.26 Å². The summed E-state index contributed by atoms with van der Waals surface area (Å²) >= 11 is 0. The van der Waals surface area contributed by atoms with Gasteiger partial charge in [-0.15, -0.1) is 0 Å². The molecule has 0 saturated heterocycles. The van der Waals surface area contributed by atoms with Gasteiger partial charge in [0, 0.05) is 18.1 Å². The average Bonchev–Trinajstić information content (AvgIpc) is 3.33. The Bertz CT molecular complexity index is 1070. The fraction of sp³-hybridized carbons (Fsp3) is 0.227. The molecule has 3 aromatic rings. The number of carbonyl (C=O) groups excluding carboxylic acids is 2. The molecule has 3 rings (SSSR count). The molecule has 1 aromatic carbocycles. The number of hydrogen-bond donors (Lipinski definition) is 1. The third-order valence-electron chi connectivity index (χ3n) is 4.41. The fourth-order valence-corrected chi connectivity index (χ4v) is 3.04. The lowest BCUT2D eigenvalue weighted by Gasteiger charge is -2.13. The van der Waals surface area contributed by atoms with Crippen LogP contribution in [0.2, 0.25) is 0 Å². The first-order valence-electron chi connectivity index (χ1n) is 9.15. The summed E-state index contributed by atoms with van der Waals surface area (Å²) in [4.78, 5) is 24.8. The van der Waals surface area contributed by atoms with Gasteiger partial charge in [-0.3, -0.25) is 9.36 Å². The average molecular weight is 391 g/mol. The highest BCUT2D eigenvalue weighted by molar-refractivity contribution is 5.98. The van der Waals surface area contributed by atoms with Gasteiger partial charge < -0.3 is 14.5 Å². The molecule has 0 spiro atoms. The van der Waals surface area contributed by atoms with Crippen LogP contribution in [0.25, 0.3) is 5.88 Å². The van der Waals surface area contributed by atoms with E-state index in [2.05, 4.69) is 5.32 Å². The molecule has 2 heterocycles. The van der Waals surface area contributed by atoms with Crippen LogP contribution in [0.4, 0.5) is 5.69 Å². The Labute approximate surface area is 168 Å². The molecule has 7 heteroatoms. The van der Waals surface area contributed by atoms with E-state index in [0.29, 0.717) is 5.69 Å².